The molecule has 0 unspecified atom stereocenters. The predicted molar refractivity (Wildman–Crippen MR) is 57.7 cm³/mol. The number of benzene rings is 2. The highest BCUT2D eigenvalue weighted by molar-refractivity contribution is 6.04. The minimum absolute atomic E-state index is 0. The zero-order chi connectivity index (χ0) is 9.97. The molecule has 0 bridgehead atoms. The van der Waals surface area contributed by atoms with Gasteiger partial charge in [-0.2, -0.15) is 5.26 Å². The van der Waals surface area contributed by atoms with Crippen molar-refractivity contribution in [2.45, 2.75) is 0 Å². The summed E-state index contributed by atoms with van der Waals surface area (Å²) in [6.45, 7) is 0. The molecule has 2 rings (SSSR count). The highest BCUT2D eigenvalue weighted by Gasteiger charge is 2.09. The molecule has 1 N–H and O–H groups in total. The molecule has 0 heterocycles. The molecule has 0 saturated carbocycles. The zero-order valence-electron chi connectivity index (χ0n) is 8.01. The van der Waals surface area contributed by atoms with Gasteiger partial charge >= 0.3 is 5.97 Å². The molecule has 2 aromatic rings. The van der Waals surface area contributed by atoms with E-state index in [9.17, 15) is 4.79 Å². The van der Waals surface area contributed by atoms with Crippen LogP contribution in [0.1, 0.15) is 10.4 Å². The van der Waals surface area contributed by atoms with Crippen molar-refractivity contribution in [1.29, 1.82) is 0 Å². The molecular formula is C11H8MgO3. The fourth-order valence-electron chi connectivity index (χ4n) is 1.45. The summed E-state index contributed by atoms with van der Waals surface area (Å²) < 4.78 is 0. The summed E-state index contributed by atoms with van der Waals surface area (Å²) >= 11 is 0. The van der Waals surface area contributed by atoms with Gasteiger partial charge in [-0.15, -0.1) is 0 Å². The van der Waals surface area contributed by atoms with E-state index in [1.165, 1.54) is 0 Å². The lowest BCUT2D eigenvalue weighted by atomic mass is 10.1. The van der Waals surface area contributed by atoms with Crippen molar-refractivity contribution in [3.8, 4) is 0 Å². The predicted octanol–water partition coefficient (Wildman–Crippen LogP) is 2.09. The first-order valence-electron chi connectivity index (χ1n) is 4.16. The van der Waals surface area contributed by atoms with E-state index in [0.717, 1.165) is 10.8 Å². The van der Waals surface area contributed by atoms with Gasteiger partial charge in [0, 0.05) is 23.1 Å². The first-order chi connectivity index (χ1) is 6.83. The maximum absolute atomic E-state index is 11.2. The Morgan fingerprint density at radius 3 is 2.47 bits per heavy atom. The average molecular weight is 212 g/mol. The Morgan fingerprint density at radius 1 is 1.07 bits per heavy atom. The van der Waals surface area contributed by atoms with Crippen LogP contribution in [0.5, 0.6) is 0 Å². The molecule has 0 aromatic heterocycles. The van der Waals surface area contributed by atoms with Crippen LogP contribution in [0.25, 0.3) is 10.8 Å². The van der Waals surface area contributed by atoms with E-state index in [1.54, 1.807) is 12.1 Å². The van der Waals surface area contributed by atoms with E-state index >= 15 is 0 Å². The molecule has 4 heteroatoms. The van der Waals surface area contributed by atoms with Gasteiger partial charge in [-0.1, -0.05) is 36.4 Å². The van der Waals surface area contributed by atoms with Crippen molar-refractivity contribution < 1.29 is 14.9 Å². The Kier molecular flexibility index (Phi) is 4.08. The number of rotatable bonds is 1. The summed E-state index contributed by atoms with van der Waals surface area (Å²) in [6.07, 6.45) is 0. The molecule has 0 aliphatic heterocycles. The number of carbonyl (C=O) groups is 1. The molecule has 15 heavy (non-hydrogen) atoms. The summed E-state index contributed by atoms with van der Waals surface area (Å²) in [5.74, 6) is -0.734. The summed E-state index contributed by atoms with van der Waals surface area (Å²) in [4.78, 5) is 14.9. The second-order valence-corrected chi connectivity index (χ2v) is 2.91. The van der Waals surface area contributed by atoms with E-state index < -0.39 is 5.97 Å². The van der Waals surface area contributed by atoms with Crippen molar-refractivity contribution in [1.82, 2.24) is 0 Å². The third kappa shape index (κ3) is 2.28. The van der Waals surface area contributed by atoms with Gasteiger partial charge in [-0.25, -0.2) is 4.79 Å². The quantitative estimate of drug-likeness (QED) is 0.447. The van der Waals surface area contributed by atoms with E-state index in [4.69, 9.17) is 5.26 Å². The minimum Gasteiger partial charge on any atom is -0.295 e. The van der Waals surface area contributed by atoms with E-state index in [0.29, 0.717) is 5.56 Å². The number of carbonyl (C=O) groups excluding carboxylic acids is 1. The molecule has 0 spiro atoms. The fraction of sp³-hybridized carbons (Fsp3) is 0. The van der Waals surface area contributed by atoms with E-state index in [-0.39, 0.29) is 23.1 Å². The molecule has 0 amide bonds. The van der Waals surface area contributed by atoms with Gasteiger partial charge in [0.25, 0.3) is 0 Å². The molecule has 3 nitrogen and oxygen atoms in total. The third-order valence-electron chi connectivity index (χ3n) is 2.09. The number of fused-ring (bicyclic) bond motifs is 1. The fourth-order valence-corrected chi connectivity index (χ4v) is 1.45. The van der Waals surface area contributed by atoms with Gasteiger partial charge in [0.15, 0.2) is 0 Å². The van der Waals surface area contributed by atoms with Crippen LogP contribution in [0, 0.1) is 0 Å². The highest BCUT2D eigenvalue weighted by atomic mass is 24.3. The molecule has 0 atom stereocenters. The molecule has 72 valence electrons. The molecular weight excluding hydrogens is 204 g/mol. The van der Waals surface area contributed by atoms with Crippen LogP contribution in [0.3, 0.4) is 0 Å². The average Bonchev–Trinajstić information content (AvgIpc) is 2.27. The van der Waals surface area contributed by atoms with E-state index in [1.807, 2.05) is 30.3 Å². The van der Waals surface area contributed by atoms with Gasteiger partial charge in [0.05, 0.1) is 5.56 Å². The van der Waals surface area contributed by atoms with Crippen molar-refractivity contribution in [3.05, 3.63) is 48.0 Å². The second kappa shape index (κ2) is 5.11. The Labute approximate surface area is 103 Å². The first-order valence-corrected chi connectivity index (χ1v) is 4.16. The van der Waals surface area contributed by atoms with Crippen LogP contribution in [-0.2, 0) is 4.89 Å². The summed E-state index contributed by atoms with van der Waals surface area (Å²) in [5, 5.41) is 10.0. The van der Waals surface area contributed by atoms with Crippen molar-refractivity contribution in [2.75, 3.05) is 0 Å². The molecule has 2 aromatic carbocycles. The van der Waals surface area contributed by atoms with Crippen molar-refractivity contribution in [2.24, 2.45) is 0 Å². The number of hydrogen-bond donors (Lipinski definition) is 1. The van der Waals surface area contributed by atoms with Crippen LogP contribution >= 0.6 is 0 Å². The topological polar surface area (TPSA) is 46.5 Å². The van der Waals surface area contributed by atoms with Crippen LogP contribution in [0.4, 0.5) is 0 Å². The monoisotopic (exact) mass is 212 g/mol. The first kappa shape index (κ1) is 12.0. The van der Waals surface area contributed by atoms with Crippen LogP contribution in [-0.4, -0.2) is 34.3 Å². The molecule has 0 fully saturated rings. The number of hydrogen-bond acceptors (Lipinski definition) is 3. The van der Waals surface area contributed by atoms with Crippen molar-refractivity contribution in [3.63, 3.8) is 0 Å². The van der Waals surface area contributed by atoms with E-state index in [2.05, 4.69) is 4.89 Å². The summed E-state index contributed by atoms with van der Waals surface area (Å²) in [5.41, 5.74) is 0.366. The van der Waals surface area contributed by atoms with Gasteiger partial charge in [0.1, 0.15) is 0 Å². The van der Waals surface area contributed by atoms with Crippen LogP contribution < -0.4 is 0 Å². The summed E-state index contributed by atoms with van der Waals surface area (Å²) in [6, 6.07) is 12.7. The maximum atomic E-state index is 11.2. The van der Waals surface area contributed by atoms with Gasteiger partial charge in [-0.05, 0) is 16.8 Å². The lowest BCUT2D eigenvalue weighted by molar-refractivity contribution is -0.182. The largest absolute Gasteiger partial charge is 0.373 e. The Morgan fingerprint density at radius 2 is 1.73 bits per heavy atom. The summed E-state index contributed by atoms with van der Waals surface area (Å²) in [7, 11) is 0. The van der Waals surface area contributed by atoms with Crippen molar-refractivity contribution >= 4 is 39.8 Å². The smallest absolute Gasteiger partial charge is 0.295 e. The SMILES string of the molecule is O=C(OO)c1cccc2ccccc12.[Mg]. The standard InChI is InChI=1S/C11H8O3.Mg/c12-11(14-13)10-7-3-5-8-4-1-2-6-9(8)10;/h1-7,13H;. The Bertz CT molecular complexity index is 477. The van der Waals surface area contributed by atoms with Gasteiger partial charge in [-0.3, -0.25) is 4.89 Å². The lowest BCUT2D eigenvalue weighted by Gasteiger charge is -2.02. The van der Waals surface area contributed by atoms with Crippen LogP contribution in [0.15, 0.2) is 42.5 Å². The lowest BCUT2D eigenvalue weighted by Crippen LogP contribution is -2.01. The minimum atomic E-state index is -0.734. The normalized spacial score (nSPS) is 9.40. The zero-order valence-corrected chi connectivity index (χ0v) is 9.43. The van der Waals surface area contributed by atoms with Gasteiger partial charge < -0.3 is 0 Å². The second-order valence-electron chi connectivity index (χ2n) is 2.91. The van der Waals surface area contributed by atoms with Crippen LogP contribution in [0.2, 0.25) is 0 Å². The molecule has 2 radical (unpaired) electrons. The molecule has 0 aliphatic carbocycles. The highest BCUT2D eigenvalue weighted by Crippen LogP contribution is 2.18. The molecule has 0 aliphatic rings. The Balaban J connectivity index is 0.00000112. The maximum Gasteiger partial charge on any atom is 0.373 e. The Hall–Kier alpha value is -1.10. The van der Waals surface area contributed by atoms with Gasteiger partial charge in [0.2, 0.25) is 0 Å². The molecule has 0 saturated heterocycles. The third-order valence-corrected chi connectivity index (χ3v) is 2.09.